The maximum Gasteiger partial charge on any atom is 0.0285 e. The monoisotopic (exact) mass is 210 g/mol. The van der Waals surface area contributed by atoms with E-state index in [1.165, 1.54) is 11.1 Å². The summed E-state index contributed by atoms with van der Waals surface area (Å²) >= 11 is 3.44. The van der Waals surface area contributed by atoms with Gasteiger partial charge in [0.25, 0.3) is 0 Å². The van der Waals surface area contributed by atoms with E-state index in [1.807, 2.05) is 6.07 Å². The van der Waals surface area contributed by atoms with Gasteiger partial charge in [0.1, 0.15) is 0 Å². The van der Waals surface area contributed by atoms with E-state index >= 15 is 0 Å². The second kappa shape index (κ2) is 4.35. The summed E-state index contributed by atoms with van der Waals surface area (Å²) in [6.07, 6.45) is 2.13. The average molecular weight is 211 g/mol. The van der Waals surface area contributed by atoms with Crippen LogP contribution in [0.25, 0.3) is 5.57 Å². The van der Waals surface area contributed by atoms with E-state index in [1.54, 1.807) is 0 Å². The maximum absolute atomic E-state index is 3.44. The number of rotatable bonds is 2. The third-order valence-corrected chi connectivity index (χ3v) is 2.24. The van der Waals surface area contributed by atoms with E-state index in [0.29, 0.717) is 0 Å². The fraction of sp³-hybridized carbons (Fsp3) is 0.200. The van der Waals surface area contributed by atoms with E-state index < -0.39 is 0 Å². The van der Waals surface area contributed by atoms with Gasteiger partial charge >= 0.3 is 0 Å². The first kappa shape index (κ1) is 8.54. The van der Waals surface area contributed by atoms with Crippen LogP contribution in [0.2, 0.25) is 0 Å². The van der Waals surface area contributed by atoms with E-state index in [-0.39, 0.29) is 0 Å². The van der Waals surface area contributed by atoms with E-state index in [9.17, 15) is 0 Å². The second-order valence-corrected chi connectivity index (χ2v) is 2.87. The fourth-order valence-corrected chi connectivity index (χ4v) is 1.62. The first-order valence-corrected chi connectivity index (χ1v) is 4.77. The molecular weight excluding hydrogens is 200 g/mol. The lowest BCUT2D eigenvalue weighted by Crippen LogP contribution is -1.82. The normalized spacial score (nSPS) is 11.6. The Hall–Kier alpha value is -0.560. The van der Waals surface area contributed by atoms with Crippen molar-refractivity contribution >= 4 is 21.5 Å². The molecule has 0 aliphatic carbocycles. The molecule has 0 aliphatic heterocycles. The summed E-state index contributed by atoms with van der Waals surface area (Å²) in [5, 5.41) is 0.924. The van der Waals surface area contributed by atoms with E-state index in [0.717, 1.165) is 5.33 Å². The molecule has 0 N–H and O–H groups in total. The SMILES string of the molecule is C/C=C(\CBr)c1ccccc1. The van der Waals surface area contributed by atoms with E-state index in [4.69, 9.17) is 0 Å². The molecule has 0 heterocycles. The Morgan fingerprint density at radius 3 is 2.45 bits per heavy atom. The molecule has 0 saturated heterocycles. The molecule has 58 valence electrons. The smallest absolute Gasteiger partial charge is 0.0285 e. The summed E-state index contributed by atoms with van der Waals surface area (Å²) in [6.45, 7) is 2.06. The first-order chi connectivity index (χ1) is 5.38. The number of alkyl halides is 1. The number of halogens is 1. The molecule has 0 aliphatic rings. The molecule has 1 aromatic rings. The minimum absolute atomic E-state index is 0.924. The lowest BCUT2D eigenvalue weighted by molar-refractivity contribution is 1.56. The summed E-state index contributed by atoms with van der Waals surface area (Å²) < 4.78 is 0. The molecule has 1 aromatic carbocycles. The highest BCUT2D eigenvalue weighted by atomic mass is 79.9. The van der Waals surface area contributed by atoms with Crippen molar-refractivity contribution in [3.8, 4) is 0 Å². The van der Waals surface area contributed by atoms with Crippen LogP contribution in [0.15, 0.2) is 36.4 Å². The van der Waals surface area contributed by atoms with Gasteiger partial charge in [-0.1, -0.05) is 52.3 Å². The van der Waals surface area contributed by atoms with Crippen molar-refractivity contribution in [3.05, 3.63) is 42.0 Å². The highest BCUT2D eigenvalue weighted by Crippen LogP contribution is 2.15. The molecule has 11 heavy (non-hydrogen) atoms. The Morgan fingerprint density at radius 1 is 1.36 bits per heavy atom. The standard InChI is InChI=1S/C10H11Br/c1-2-9(8-11)10-6-4-3-5-7-10/h2-7H,8H2,1H3/b9-2+. The van der Waals surface area contributed by atoms with Crippen LogP contribution in [-0.2, 0) is 0 Å². The summed E-state index contributed by atoms with van der Waals surface area (Å²) in [6, 6.07) is 10.4. The summed E-state index contributed by atoms with van der Waals surface area (Å²) in [7, 11) is 0. The van der Waals surface area contributed by atoms with Crippen LogP contribution in [0.3, 0.4) is 0 Å². The van der Waals surface area contributed by atoms with Crippen LogP contribution >= 0.6 is 15.9 Å². The molecule has 0 bridgehead atoms. The molecule has 0 amide bonds. The van der Waals surface area contributed by atoms with Gasteiger partial charge in [-0.25, -0.2) is 0 Å². The number of benzene rings is 1. The minimum Gasteiger partial charge on any atom is -0.0876 e. The molecule has 1 heteroatoms. The molecule has 0 fully saturated rings. The van der Waals surface area contributed by atoms with Crippen LogP contribution in [0.1, 0.15) is 12.5 Å². The Kier molecular flexibility index (Phi) is 3.37. The van der Waals surface area contributed by atoms with Crippen LogP contribution in [-0.4, -0.2) is 5.33 Å². The fourth-order valence-electron chi connectivity index (χ4n) is 0.973. The highest BCUT2D eigenvalue weighted by Gasteiger charge is 1.94. The number of allylic oxidation sites excluding steroid dienone is 2. The molecule has 0 spiro atoms. The van der Waals surface area contributed by atoms with Crippen LogP contribution in [0, 0.1) is 0 Å². The van der Waals surface area contributed by atoms with Crippen molar-refractivity contribution in [1.82, 2.24) is 0 Å². The van der Waals surface area contributed by atoms with Gasteiger partial charge in [-0.15, -0.1) is 0 Å². The van der Waals surface area contributed by atoms with Crippen LogP contribution in [0.5, 0.6) is 0 Å². The molecule has 0 aromatic heterocycles. The lowest BCUT2D eigenvalue weighted by Gasteiger charge is -2.00. The topological polar surface area (TPSA) is 0 Å². The van der Waals surface area contributed by atoms with Gasteiger partial charge in [0.2, 0.25) is 0 Å². The third-order valence-electron chi connectivity index (χ3n) is 1.64. The zero-order valence-corrected chi connectivity index (χ0v) is 8.14. The molecular formula is C10H11Br. The quantitative estimate of drug-likeness (QED) is 0.657. The Morgan fingerprint density at radius 2 is 2.00 bits per heavy atom. The van der Waals surface area contributed by atoms with Gasteiger partial charge in [0.05, 0.1) is 0 Å². The second-order valence-electron chi connectivity index (χ2n) is 2.31. The summed E-state index contributed by atoms with van der Waals surface area (Å²) in [5.41, 5.74) is 2.64. The zero-order chi connectivity index (χ0) is 8.10. The van der Waals surface area contributed by atoms with Gasteiger partial charge in [0.15, 0.2) is 0 Å². The van der Waals surface area contributed by atoms with Crippen molar-refractivity contribution in [3.63, 3.8) is 0 Å². The summed E-state index contributed by atoms with van der Waals surface area (Å²) in [5.74, 6) is 0. The first-order valence-electron chi connectivity index (χ1n) is 3.65. The van der Waals surface area contributed by atoms with E-state index in [2.05, 4.69) is 53.2 Å². The Labute approximate surface area is 76.1 Å². The van der Waals surface area contributed by atoms with Crippen molar-refractivity contribution in [2.45, 2.75) is 6.92 Å². The van der Waals surface area contributed by atoms with Gasteiger partial charge in [0, 0.05) is 5.33 Å². The predicted octanol–water partition coefficient (Wildman–Crippen LogP) is 3.48. The van der Waals surface area contributed by atoms with Crippen molar-refractivity contribution in [2.24, 2.45) is 0 Å². The number of hydrogen-bond donors (Lipinski definition) is 0. The number of hydrogen-bond acceptors (Lipinski definition) is 0. The minimum atomic E-state index is 0.924. The largest absolute Gasteiger partial charge is 0.0876 e. The molecule has 0 atom stereocenters. The van der Waals surface area contributed by atoms with Crippen LogP contribution in [0.4, 0.5) is 0 Å². The highest BCUT2D eigenvalue weighted by molar-refractivity contribution is 9.09. The van der Waals surface area contributed by atoms with Gasteiger partial charge in [-0.3, -0.25) is 0 Å². The third kappa shape index (κ3) is 2.19. The van der Waals surface area contributed by atoms with Crippen molar-refractivity contribution < 1.29 is 0 Å². The van der Waals surface area contributed by atoms with Crippen molar-refractivity contribution in [1.29, 1.82) is 0 Å². The molecule has 0 nitrogen and oxygen atoms in total. The van der Waals surface area contributed by atoms with Crippen LogP contribution < -0.4 is 0 Å². The van der Waals surface area contributed by atoms with Gasteiger partial charge in [-0.05, 0) is 18.1 Å². The average Bonchev–Trinajstić information content (AvgIpc) is 2.09. The van der Waals surface area contributed by atoms with Crippen molar-refractivity contribution in [2.75, 3.05) is 5.33 Å². The lowest BCUT2D eigenvalue weighted by atomic mass is 10.1. The molecule has 1 rings (SSSR count). The Balaban J connectivity index is 2.92. The zero-order valence-electron chi connectivity index (χ0n) is 6.55. The predicted molar refractivity (Wildman–Crippen MR) is 53.9 cm³/mol. The maximum atomic E-state index is 3.44. The Bertz CT molecular complexity index is 236. The molecule has 0 radical (unpaired) electrons. The molecule has 0 unspecified atom stereocenters. The summed E-state index contributed by atoms with van der Waals surface area (Å²) in [4.78, 5) is 0. The van der Waals surface area contributed by atoms with Gasteiger partial charge in [-0.2, -0.15) is 0 Å². The van der Waals surface area contributed by atoms with Gasteiger partial charge < -0.3 is 0 Å². The molecule has 0 saturated carbocycles.